The quantitative estimate of drug-likeness (QED) is 0.477. The number of anilines is 1. The molecule has 3 nitrogen and oxygen atoms in total. The van der Waals surface area contributed by atoms with Crippen LogP contribution in [0.2, 0.25) is 0 Å². The molecule has 0 heterocycles. The van der Waals surface area contributed by atoms with Crippen LogP contribution in [0.15, 0.2) is 36.4 Å². The van der Waals surface area contributed by atoms with Crippen molar-refractivity contribution in [3.05, 3.63) is 42.0 Å². The molecule has 1 amide bonds. The number of amides is 1. The third kappa shape index (κ3) is 3.62. The van der Waals surface area contributed by atoms with Crippen molar-refractivity contribution < 1.29 is 4.79 Å². The number of hydrogen-bond donors (Lipinski definition) is 2. The molecular weight excluding hydrogens is 224 g/mol. The van der Waals surface area contributed by atoms with E-state index in [0.29, 0.717) is 12.2 Å². The monoisotopic (exact) mass is 246 g/mol. The minimum absolute atomic E-state index is 0.0387. The van der Waals surface area contributed by atoms with Crippen molar-refractivity contribution in [1.29, 1.82) is 0 Å². The van der Waals surface area contributed by atoms with Crippen molar-refractivity contribution in [2.24, 2.45) is 0 Å². The fourth-order valence-corrected chi connectivity index (χ4v) is 1.69. The van der Waals surface area contributed by atoms with E-state index >= 15 is 0 Å². The minimum Gasteiger partial charge on any atom is -0.399 e. The lowest BCUT2D eigenvalue weighted by atomic mass is 9.83. The zero-order valence-corrected chi connectivity index (χ0v) is 11.4. The maximum Gasteiger partial charge on any atom is 0.230 e. The second-order valence-corrected chi connectivity index (χ2v) is 4.86. The Morgan fingerprint density at radius 1 is 1.33 bits per heavy atom. The number of rotatable bonds is 5. The smallest absolute Gasteiger partial charge is 0.230 e. The Kier molecular flexibility index (Phi) is 4.95. The van der Waals surface area contributed by atoms with Crippen molar-refractivity contribution in [2.45, 2.75) is 32.6 Å². The fourth-order valence-electron chi connectivity index (χ4n) is 1.69. The maximum atomic E-state index is 12.1. The molecule has 3 heteroatoms. The van der Waals surface area contributed by atoms with Gasteiger partial charge >= 0.3 is 0 Å². The van der Waals surface area contributed by atoms with Crippen LogP contribution in [0, 0.1) is 0 Å². The third-order valence-electron chi connectivity index (χ3n) is 3.03. The van der Waals surface area contributed by atoms with E-state index in [9.17, 15) is 4.79 Å². The van der Waals surface area contributed by atoms with Crippen molar-refractivity contribution in [3.8, 4) is 0 Å². The number of nitrogen functional groups attached to an aromatic ring is 1. The Bertz CT molecular complexity index is 419. The zero-order chi connectivity index (χ0) is 13.6. The Morgan fingerprint density at radius 2 is 1.94 bits per heavy atom. The molecule has 0 aliphatic carbocycles. The van der Waals surface area contributed by atoms with Gasteiger partial charge in [-0.1, -0.05) is 24.3 Å². The van der Waals surface area contributed by atoms with Crippen LogP contribution in [-0.4, -0.2) is 12.5 Å². The first-order chi connectivity index (χ1) is 8.48. The summed E-state index contributed by atoms with van der Waals surface area (Å²) in [5.41, 5.74) is 6.80. The summed E-state index contributed by atoms with van der Waals surface area (Å²) in [6, 6.07) is 7.45. The Balaban J connectivity index is 2.67. The molecule has 0 saturated heterocycles. The number of carbonyl (C=O) groups excluding carboxylic acids is 1. The molecule has 0 bridgehead atoms. The van der Waals surface area contributed by atoms with Crippen molar-refractivity contribution in [2.75, 3.05) is 12.3 Å². The lowest BCUT2D eigenvalue weighted by molar-refractivity contribution is -0.125. The molecule has 0 unspecified atom stereocenters. The summed E-state index contributed by atoms with van der Waals surface area (Å²) in [5.74, 6) is 0.0387. The van der Waals surface area contributed by atoms with E-state index in [1.165, 1.54) is 0 Å². The highest BCUT2D eigenvalue weighted by atomic mass is 16.2. The van der Waals surface area contributed by atoms with Gasteiger partial charge in [-0.05, 0) is 44.9 Å². The van der Waals surface area contributed by atoms with Crippen LogP contribution < -0.4 is 11.1 Å². The molecule has 1 rings (SSSR count). The minimum atomic E-state index is -0.538. The molecule has 98 valence electrons. The summed E-state index contributed by atoms with van der Waals surface area (Å²) >= 11 is 0. The van der Waals surface area contributed by atoms with Crippen LogP contribution in [-0.2, 0) is 10.2 Å². The molecule has 0 saturated carbocycles. The van der Waals surface area contributed by atoms with Crippen LogP contribution >= 0.6 is 0 Å². The van der Waals surface area contributed by atoms with Gasteiger partial charge in [0.2, 0.25) is 5.91 Å². The lowest BCUT2D eigenvalue weighted by Crippen LogP contribution is -2.40. The van der Waals surface area contributed by atoms with Gasteiger partial charge in [-0.15, -0.1) is 0 Å². The highest BCUT2D eigenvalue weighted by Gasteiger charge is 2.29. The summed E-state index contributed by atoms with van der Waals surface area (Å²) in [6.45, 7) is 6.48. The van der Waals surface area contributed by atoms with E-state index in [0.717, 1.165) is 12.0 Å². The second kappa shape index (κ2) is 6.24. The number of nitrogens with one attached hydrogen (secondary N) is 1. The van der Waals surface area contributed by atoms with Crippen molar-refractivity contribution in [1.82, 2.24) is 5.32 Å². The first-order valence-electron chi connectivity index (χ1n) is 6.24. The summed E-state index contributed by atoms with van der Waals surface area (Å²) in [5, 5.41) is 2.95. The fraction of sp³-hybridized carbons (Fsp3) is 0.400. The van der Waals surface area contributed by atoms with Gasteiger partial charge in [-0.25, -0.2) is 0 Å². The van der Waals surface area contributed by atoms with E-state index in [-0.39, 0.29) is 5.91 Å². The predicted octanol–water partition coefficient (Wildman–Crippen LogP) is 2.63. The molecule has 0 spiro atoms. The molecule has 1 aromatic carbocycles. The number of carbonyl (C=O) groups is 1. The van der Waals surface area contributed by atoms with Crippen LogP contribution in [0.25, 0.3) is 0 Å². The normalized spacial score (nSPS) is 11.7. The molecule has 18 heavy (non-hydrogen) atoms. The molecule has 0 aromatic heterocycles. The van der Waals surface area contributed by atoms with Crippen molar-refractivity contribution >= 4 is 11.6 Å². The SMILES string of the molecule is C/C=C/CCNC(=O)C(C)(C)c1ccc(N)cc1. The second-order valence-electron chi connectivity index (χ2n) is 4.86. The van der Waals surface area contributed by atoms with E-state index < -0.39 is 5.41 Å². The van der Waals surface area contributed by atoms with Crippen LogP contribution in [0.1, 0.15) is 32.8 Å². The van der Waals surface area contributed by atoms with Gasteiger partial charge in [-0.3, -0.25) is 4.79 Å². The van der Waals surface area contributed by atoms with E-state index in [1.807, 2.05) is 57.2 Å². The molecule has 0 aliphatic heterocycles. The molecule has 1 aromatic rings. The largest absolute Gasteiger partial charge is 0.399 e. The van der Waals surface area contributed by atoms with Gasteiger partial charge < -0.3 is 11.1 Å². The summed E-state index contributed by atoms with van der Waals surface area (Å²) < 4.78 is 0. The van der Waals surface area contributed by atoms with E-state index in [1.54, 1.807) is 0 Å². The topological polar surface area (TPSA) is 55.1 Å². The Morgan fingerprint density at radius 3 is 2.50 bits per heavy atom. The summed E-state index contributed by atoms with van der Waals surface area (Å²) in [6.07, 6.45) is 4.88. The highest BCUT2D eigenvalue weighted by molar-refractivity contribution is 5.87. The van der Waals surface area contributed by atoms with Gasteiger partial charge in [0.05, 0.1) is 5.41 Å². The molecule has 0 aliphatic rings. The first kappa shape index (κ1) is 14.3. The molecule has 3 N–H and O–H groups in total. The Labute approximate surface area is 109 Å². The average Bonchev–Trinajstić information content (AvgIpc) is 2.35. The summed E-state index contributed by atoms with van der Waals surface area (Å²) in [7, 11) is 0. The van der Waals surface area contributed by atoms with Crippen molar-refractivity contribution in [3.63, 3.8) is 0 Å². The van der Waals surface area contributed by atoms with Crippen LogP contribution in [0.3, 0.4) is 0 Å². The predicted molar refractivity (Wildman–Crippen MR) is 76.3 cm³/mol. The third-order valence-corrected chi connectivity index (χ3v) is 3.03. The number of benzene rings is 1. The molecule has 0 radical (unpaired) electrons. The van der Waals surface area contributed by atoms with E-state index in [2.05, 4.69) is 5.32 Å². The van der Waals surface area contributed by atoms with E-state index in [4.69, 9.17) is 5.73 Å². The van der Waals surface area contributed by atoms with Crippen LogP contribution in [0.5, 0.6) is 0 Å². The maximum absolute atomic E-state index is 12.1. The first-order valence-corrected chi connectivity index (χ1v) is 6.24. The van der Waals surface area contributed by atoms with Gasteiger partial charge in [-0.2, -0.15) is 0 Å². The molecule has 0 fully saturated rings. The number of hydrogen-bond acceptors (Lipinski definition) is 2. The Hall–Kier alpha value is -1.77. The number of allylic oxidation sites excluding steroid dienone is 1. The van der Waals surface area contributed by atoms with Gasteiger partial charge in [0.15, 0.2) is 0 Å². The van der Waals surface area contributed by atoms with Gasteiger partial charge in [0.1, 0.15) is 0 Å². The average molecular weight is 246 g/mol. The zero-order valence-electron chi connectivity index (χ0n) is 11.4. The van der Waals surface area contributed by atoms with Crippen LogP contribution in [0.4, 0.5) is 5.69 Å². The molecule has 0 atom stereocenters. The lowest BCUT2D eigenvalue weighted by Gasteiger charge is -2.24. The molecular formula is C15H22N2O. The van der Waals surface area contributed by atoms with Gasteiger partial charge in [0, 0.05) is 12.2 Å². The highest BCUT2D eigenvalue weighted by Crippen LogP contribution is 2.24. The number of nitrogens with two attached hydrogens (primary N) is 1. The van der Waals surface area contributed by atoms with Gasteiger partial charge in [0.25, 0.3) is 0 Å². The standard InChI is InChI=1S/C15H22N2O/c1-4-5-6-11-17-14(18)15(2,3)12-7-9-13(16)10-8-12/h4-5,7-10H,6,11,16H2,1-3H3,(H,17,18)/b5-4+. The summed E-state index contributed by atoms with van der Waals surface area (Å²) in [4.78, 5) is 12.1.